The summed E-state index contributed by atoms with van der Waals surface area (Å²) in [7, 11) is 0. The first-order valence-electron chi connectivity index (χ1n) is 4.36. The summed E-state index contributed by atoms with van der Waals surface area (Å²) < 4.78 is 13.2. The predicted octanol–water partition coefficient (Wildman–Crippen LogP) is 1.96. The van der Waals surface area contributed by atoms with Gasteiger partial charge >= 0.3 is 0 Å². The summed E-state index contributed by atoms with van der Waals surface area (Å²) in [5.74, 6) is 6.18. The molecule has 1 aromatic rings. The van der Waals surface area contributed by atoms with Crippen molar-refractivity contribution in [2.75, 3.05) is 5.75 Å². The Morgan fingerprint density at radius 2 is 2.21 bits per heavy atom. The molecule has 0 aliphatic carbocycles. The van der Waals surface area contributed by atoms with Crippen LogP contribution in [0.25, 0.3) is 0 Å². The van der Waals surface area contributed by atoms with Crippen molar-refractivity contribution in [1.82, 2.24) is 0 Å². The van der Waals surface area contributed by atoms with Crippen molar-refractivity contribution in [3.05, 3.63) is 35.1 Å². The molecule has 1 aromatic carbocycles. The van der Waals surface area contributed by atoms with E-state index in [0.29, 0.717) is 17.5 Å². The molecule has 0 amide bonds. The van der Waals surface area contributed by atoms with E-state index in [2.05, 4.69) is 24.5 Å². The second kappa shape index (κ2) is 5.69. The van der Waals surface area contributed by atoms with Crippen molar-refractivity contribution in [1.29, 1.82) is 0 Å². The minimum absolute atomic E-state index is 0.218. The van der Waals surface area contributed by atoms with Gasteiger partial charge in [-0.15, -0.1) is 0 Å². The maximum Gasteiger partial charge on any atom is 0.128 e. The number of thiol groups is 1. The lowest BCUT2D eigenvalue weighted by molar-refractivity contribution is 0.610. The van der Waals surface area contributed by atoms with Crippen LogP contribution >= 0.6 is 12.6 Å². The fourth-order valence-corrected chi connectivity index (χ4v) is 1.12. The Morgan fingerprint density at radius 1 is 1.43 bits per heavy atom. The molecule has 0 aliphatic heterocycles. The van der Waals surface area contributed by atoms with Crippen molar-refractivity contribution < 1.29 is 4.39 Å². The van der Waals surface area contributed by atoms with E-state index in [9.17, 15) is 4.39 Å². The van der Waals surface area contributed by atoms with Gasteiger partial charge in [-0.3, -0.25) is 0 Å². The number of hydrogen-bond acceptors (Lipinski definition) is 2. The number of benzene rings is 1. The Labute approximate surface area is 88.9 Å². The van der Waals surface area contributed by atoms with Gasteiger partial charge in [0.2, 0.25) is 0 Å². The molecule has 0 bridgehead atoms. The molecule has 0 atom stereocenters. The molecule has 1 rings (SSSR count). The molecule has 0 spiro atoms. The first-order chi connectivity index (χ1) is 6.77. The summed E-state index contributed by atoms with van der Waals surface area (Å²) in [5, 5.41) is 0. The molecule has 0 saturated carbocycles. The maximum atomic E-state index is 13.2. The molecule has 0 aromatic heterocycles. The van der Waals surface area contributed by atoms with Crippen molar-refractivity contribution >= 4 is 12.6 Å². The van der Waals surface area contributed by atoms with E-state index >= 15 is 0 Å². The highest BCUT2D eigenvalue weighted by Gasteiger charge is 1.99. The number of halogens is 1. The smallest absolute Gasteiger partial charge is 0.128 e. The van der Waals surface area contributed by atoms with Gasteiger partial charge in [-0.25, -0.2) is 4.39 Å². The zero-order valence-corrected chi connectivity index (χ0v) is 8.65. The van der Waals surface area contributed by atoms with Crippen LogP contribution in [0.15, 0.2) is 18.2 Å². The Kier molecular flexibility index (Phi) is 4.51. The Balaban J connectivity index is 2.82. The lowest BCUT2D eigenvalue weighted by Crippen LogP contribution is -1.99. The third-order valence-electron chi connectivity index (χ3n) is 1.74. The average molecular weight is 209 g/mol. The van der Waals surface area contributed by atoms with E-state index in [1.807, 2.05) is 0 Å². The molecule has 2 N–H and O–H groups in total. The molecule has 0 radical (unpaired) electrons. The maximum absolute atomic E-state index is 13.2. The summed E-state index contributed by atoms with van der Waals surface area (Å²) in [6.07, 6.45) is 0.712. The highest BCUT2D eigenvalue weighted by atomic mass is 32.1. The Hall–Kier alpha value is -0.980. The van der Waals surface area contributed by atoms with Crippen LogP contribution in [0.1, 0.15) is 17.5 Å². The second-order valence-electron chi connectivity index (χ2n) is 2.79. The molecule has 3 heteroatoms. The van der Waals surface area contributed by atoms with Crippen LogP contribution in [0.4, 0.5) is 4.39 Å². The summed E-state index contributed by atoms with van der Waals surface area (Å²) in [6, 6.07) is 4.85. The zero-order chi connectivity index (χ0) is 10.4. The largest absolute Gasteiger partial charge is 0.326 e. The molecule has 0 fully saturated rings. The van der Waals surface area contributed by atoms with Crippen LogP contribution in [0.5, 0.6) is 0 Å². The summed E-state index contributed by atoms with van der Waals surface area (Å²) in [5.41, 5.74) is 6.54. The fourth-order valence-electron chi connectivity index (χ4n) is 1.01. The summed E-state index contributed by atoms with van der Waals surface area (Å²) in [6.45, 7) is 0.218. The van der Waals surface area contributed by atoms with Gasteiger partial charge < -0.3 is 5.73 Å². The van der Waals surface area contributed by atoms with Crippen LogP contribution in [0.2, 0.25) is 0 Å². The number of nitrogens with two attached hydrogens (primary N) is 1. The predicted molar refractivity (Wildman–Crippen MR) is 59.6 cm³/mol. The van der Waals surface area contributed by atoms with Crippen LogP contribution < -0.4 is 5.73 Å². The van der Waals surface area contributed by atoms with Gasteiger partial charge in [-0.2, -0.15) is 12.6 Å². The van der Waals surface area contributed by atoms with E-state index in [-0.39, 0.29) is 12.4 Å². The van der Waals surface area contributed by atoms with Gasteiger partial charge in [0.05, 0.1) is 0 Å². The molecular weight excluding hydrogens is 197 g/mol. The lowest BCUT2D eigenvalue weighted by atomic mass is 10.1. The van der Waals surface area contributed by atoms with Crippen molar-refractivity contribution in [2.24, 2.45) is 5.73 Å². The van der Waals surface area contributed by atoms with E-state index in [1.165, 1.54) is 6.07 Å². The molecule has 0 heterocycles. The van der Waals surface area contributed by atoms with Gasteiger partial charge in [0.1, 0.15) is 5.82 Å². The number of rotatable bonds is 2. The minimum Gasteiger partial charge on any atom is -0.326 e. The molecule has 0 unspecified atom stereocenters. The molecule has 0 aliphatic rings. The Morgan fingerprint density at radius 3 is 2.79 bits per heavy atom. The third-order valence-corrected chi connectivity index (χ3v) is 1.97. The highest BCUT2D eigenvalue weighted by Crippen LogP contribution is 2.08. The quantitative estimate of drug-likeness (QED) is 0.565. The van der Waals surface area contributed by atoms with Crippen LogP contribution in [-0.2, 0) is 6.54 Å². The standard InChI is InChI=1S/C11H12FNS/c12-11-7-9(3-1-2-6-14)4-5-10(11)8-13/h4-5,7,14H,2,6,8,13H2. The Bertz CT molecular complexity index is 365. The normalized spacial score (nSPS) is 9.36. The van der Waals surface area contributed by atoms with Crippen molar-refractivity contribution in [3.63, 3.8) is 0 Å². The third kappa shape index (κ3) is 3.06. The molecule has 1 nitrogen and oxygen atoms in total. The fraction of sp³-hybridized carbons (Fsp3) is 0.273. The minimum atomic E-state index is -0.287. The first-order valence-corrected chi connectivity index (χ1v) is 4.99. The van der Waals surface area contributed by atoms with Crippen LogP contribution in [-0.4, -0.2) is 5.75 Å². The van der Waals surface area contributed by atoms with E-state index in [4.69, 9.17) is 5.73 Å². The van der Waals surface area contributed by atoms with Gasteiger partial charge in [-0.1, -0.05) is 17.9 Å². The van der Waals surface area contributed by atoms with Crippen molar-refractivity contribution in [3.8, 4) is 11.8 Å². The molecule has 74 valence electrons. The lowest BCUT2D eigenvalue weighted by Gasteiger charge is -1.98. The molecular formula is C11H12FNS. The summed E-state index contributed by atoms with van der Waals surface area (Å²) >= 11 is 4.03. The molecule has 0 saturated heterocycles. The highest BCUT2D eigenvalue weighted by molar-refractivity contribution is 7.80. The van der Waals surface area contributed by atoms with Gasteiger partial charge in [0.15, 0.2) is 0 Å². The first kappa shape index (κ1) is 11.1. The van der Waals surface area contributed by atoms with E-state index < -0.39 is 0 Å². The SMILES string of the molecule is NCc1ccc(C#CCCS)cc1F. The van der Waals surface area contributed by atoms with Crippen LogP contribution in [0, 0.1) is 17.7 Å². The van der Waals surface area contributed by atoms with E-state index in [1.54, 1.807) is 12.1 Å². The molecule has 14 heavy (non-hydrogen) atoms. The van der Waals surface area contributed by atoms with Gasteiger partial charge in [0.25, 0.3) is 0 Å². The van der Waals surface area contributed by atoms with Crippen molar-refractivity contribution in [2.45, 2.75) is 13.0 Å². The topological polar surface area (TPSA) is 26.0 Å². The van der Waals surface area contributed by atoms with Crippen LogP contribution in [0.3, 0.4) is 0 Å². The second-order valence-corrected chi connectivity index (χ2v) is 3.23. The summed E-state index contributed by atoms with van der Waals surface area (Å²) in [4.78, 5) is 0. The van der Waals surface area contributed by atoms with Gasteiger partial charge in [-0.05, 0) is 12.1 Å². The van der Waals surface area contributed by atoms with Gasteiger partial charge in [0, 0.05) is 29.8 Å². The monoisotopic (exact) mass is 209 g/mol. The number of hydrogen-bond donors (Lipinski definition) is 2. The zero-order valence-electron chi connectivity index (χ0n) is 7.76. The average Bonchev–Trinajstić information content (AvgIpc) is 2.18. The van der Waals surface area contributed by atoms with E-state index in [0.717, 1.165) is 5.75 Å².